The second kappa shape index (κ2) is 24.1. The topological polar surface area (TPSA) is 159 Å². The third-order valence-corrected chi connectivity index (χ3v) is 13.0. The number of anilines is 2. The van der Waals surface area contributed by atoms with Gasteiger partial charge in [0.2, 0.25) is 0 Å². The fourth-order valence-corrected chi connectivity index (χ4v) is 8.64. The molecule has 71 heavy (non-hydrogen) atoms. The van der Waals surface area contributed by atoms with Crippen molar-refractivity contribution in [3.63, 3.8) is 0 Å². The fraction of sp³-hybridized carbons (Fsp3) is 0.404. The van der Waals surface area contributed by atoms with Crippen LogP contribution in [-0.2, 0) is 14.3 Å². The first-order valence-corrected chi connectivity index (χ1v) is 24.6. The van der Waals surface area contributed by atoms with E-state index in [9.17, 15) is 14.7 Å². The number of carbonyl (C=O) groups excluding carboxylic acids is 1. The Hall–Kier alpha value is -7.22. The van der Waals surface area contributed by atoms with Gasteiger partial charge in [0.15, 0.2) is 22.8 Å². The molecule has 0 unspecified atom stereocenters. The largest absolute Gasteiger partial charge is 0.494 e. The second-order valence-electron chi connectivity index (χ2n) is 19.3. The normalized spacial score (nSPS) is 14.5. The van der Waals surface area contributed by atoms with Crippen LogP contribution in [0.4, 0.5) is 11.6 Å². The minimum absolute atomic E-state index is 0.419. The number of piperidine rings is 2. The predicted molar refractivity (Wildman–Crippen MR) is 276 cm³/mol. The van der Waals surface area contributed by atoms with Crippen molar-refractivity contribution >= 4 is 23.6 Å². The molecule has 2 aromatic heterocycles. The Morgan fingerprint density at radius 2 is 0.901 bits per heavy atom. The summed E-state index contributed by atoms with van der Waals surface area (Å²) in [5.74, 6) is 4.59. The number of hydrogen-bond acceptors (Lipinski definition) is 13. The Bertz CT molecular complexity index is 2660. The first-order chi connectivity index (χ1) is 34.1. The number of methoxy groups -OCH3 is 1. The van der Waals surface area contributed by atoms with Crippen molar-refractivity contribution in [3.8, 4) is 45.3 Å². The van der Waals surface area contributed by atoms with Crippen LogP contribution in [-0.4, -0.2) is 95.1 Å². The van der Waals surface area contributed by atoms with E-state index in [1.54, 1.807) is 19.9 Å². The van der Waals surface area contributed by atoms with Gasteiger partial charge in [-0.1, -0.05) is 48.5 Å². The van der Waals surface area contributed by atoms with Crippen LogP contribution in [0.2, 0.25) is 0 Å². The summed E-state index contributed by atoms with van der Waals surface area (Å²) >= 11 is 0. The molecule has 2 fully saturated rings. The van der Waals surface area contributed by atoms with Crippen molar-refractivity contribution in [1.82, 2.24) is 20.4 Å². The molecule has 14 nitrogen and oxygen atoms in total. The van der Waals surface area contributed by atoms with Crippen LogP contribution in [0.15, 0.2) is 121 Å². The Balaban J connectivity index is 0.000000209. The number of ether oxygens (including phenoxy) is 5. The van der Waals surface area contributed by atoms with Gasteiger partial charge in [-0.05, 0) is 187 Å². The lowest BCUT2D eigenvalue weighted by Gasteiger charge is -2.32. The number of carboxylic acids is 1. The molecule has 6 aromatic rings. The molecule has 4 heterocycles. The Kier molecular flexibility index (Phi) is 17.5. The maximum atomic E-state index is 12.0. The van der Waals surface area contributed by atoms with E-state index in [-0.39, 0.29) is 0 Å². The predicted octanol–water partition coefficient (Wildman–Crippen LogP) is 10.8. The van der Waals surface area contributed by atoms with Gasteiger partial charge >= 0.3 is 11.9 Å². The van der Waals surface area contributed by atoms with Crippen molar-refractivity contribution < 1.29 is 38.4 Å². The first-order valence-electron chi connectivity index (χ1n) is 24.6. The molecule has 14 heteroatoms. The Morgan fingerprint density at radius 1 is 0.535 bits per heavy atom. The lowest BCUT2D eigenvalue weighted by Crippen LogP contribution is -2.39. The molecule has 0 bridgehead atoms. The van der Waals surface area contributed by atoms with E-state index in [0.717, 1.165) is 121 Å². The highest BCUT2D eigenvalue weighted by atomic mass is 16.6. The molecule has 0 aliphatic carbocycles. The maximum absolute atomic E-state index is 12.0. The quantitative estimate of drug-likeness (QED) is 0.0811. The summed E-state index contributed by atoms with van der Waals surface area (Å²) in [4.78, 5) is 28.0. The van der Waals surface area contributed by atoms with E-state index in [4.69, 9.17) is 23.7 Å². The third kappa shape index (κ3) is 14.9. The van der Waals surface area contributed by atoms with Crippen molar-refractivity contribution in [2.45, 2.75) is 91.3 Å². The molecular formula is C57H68N6O8. The lowest BCUT2D eigenvalue weighted by atomic mass is 9.94. The SMILES string of the molecule is COC(=O)C(C)(C)Oc1cccc(-c2cccc(OCCC3CCN(c4ccc(C)nn4)CC3)c2)c1.Cc1ccc(N2CCC(CCOc3cccc(-c4cccc(OC(C)(C)C(=O)O)c4)c3)CC2)nn1. The van der Waals surface area contributed by atoms with Crippen LogP contribution in [0.3, 0.4) is 0 Å². The van der Waals surface area contributed by atoms with Crippen LogP contribution in [0.1, 0.15) is 77.6 Å². The standard InChI is InChI=1S/C29H35N3O4.C28H33N3O4/c1-21-11-12-27(31-30-21)32-16-13-22(14-17-32)15-18-35-25-9-5-7-23(19-25)24-8-6-10-26(20-24)36-29(2,3)28(33)34-4;1-20-10-11-26(30-29-20)31-15-12-21(13-16-31)14-17-34-24-8-4-6-22(18-24)23-7-5-9-25(19-23)35-28(2,3)27(32)33/h5-12,19-20,22H,13-18H2,1-4H3;4-11,18-19,21H,12-17H2,1-3H3,(H,32,33). The summed E-state index contributed by atoms with van der Waals surface area (Å²) < 4.78 is 28.6. The van der Waals surface area contributed by atoms with Crippen LogP contribution >= 0.6 is 0 Å². The van der Waals surface area contributed by atoms with Crippen molar-refractivity contribution in [3.05, 3.63) is 133 Å². The van der Waals surface area contributed by atoms with Gasteiger partial charge in [-0.3, -0.25) is 0 Å². The monoisotopic (exact) mass is 965 g/mol. The zero-order valence-corrected chi connectivity index (χ0v) is 42.2. The van der Waals surface area contributed by atoms with Gasteiger partial charge in [0.25, 0.3) is 0 Å². The first kappa shape index (κ1) is 51.6. The molecule has 1 N–H and O–H groups in total. The smallest absolute Gasteiger partial charge is 0.349 e. The average molecular weight is 965 g/mol. The fourth-order valence-electron chi connectivity index (χ4n) is 8.64. The van der Waals surface area contributed by atoms with Crippen LogP contribution in [0, 0.1) is 25.7 Å². The summed E-state index contributed by atoms with van der Waals surface area (Å²) in [6, 6.07) is 39.3. The number of nitrogens with zero attached hydrogens (tertiary/aromatic N) is 6. The van der Waals surface area contributed by atoms with Crippen molar-refractivity contribution in [1.29, 1.82) is 0 Å². The molecule has 8 rings (SSSR count). The van der Waals surface area contributed by atoms with Gasteiger partial charge in [0, 0.05) is 26.2 Å². The van der Waals surface area contributed by atoms with E-state index in [1.165, 1.54) is 21.0 Å². The van der Waals surface area contributed by atoms with E-state index >= 15 is 0 Å². The lowest BCUT2D eigenvalue weighted by molar-refractivity contribution is -0.156. The summed E-state index contributed by atoms with van der Waals surface area (Å²) in [5.41, 5.74) is 3.47. The van der Waals surface area contributed by atoms with E-state index < -0.39 is 23.1 Å². The summed E-state index contributed by atoms with van der Waals surface area (Å²) in [5, 5.41) is 26.3. The minimum Gasteiger partial charge on any atom is -0.494 e. The molecule has 0 saturated carbocycles. The molecular weight excluding hydrogens is 897 g/mol. The van der Waals surface area contributed by atoms with Gasteiger partial charge in [0.05, 0.1) is 31.7 Å². The van der Waals surface area contributed by atoms with Gasteiger partial charge in [-0.15, -0.1) is 10.2 Å². The molecule has 0 amide bonds. The molecule has 2 aliphatic heterocycles. The van der Waals surface area contributed by atoms with Crippen molar-refractivity contribution in [2.24, 2.45) is 11.8 Å². The van der Waals surface area contributed by atoms with Crippen LogP contribution < -0.4 is 28.7 Å². The van der Waals surface area contributed by atoms with Gasteiger partial charge in [-0.25, -0.2) is 9.59 Å². The van der Waals surface area contributed by atoms with Gasteiger partial charge in [0.1, 0.15) is 23.0 Å². The summed E-state index contributed by atoms with van der Waals surface area (Å²) in [6.07, 6.45) is 6.56. The zero-order chi connectivity index (χ0) is 50.4. The van der Waals surface area contributed by atoms with E-state index in [1.807, 2.05) is 123 Å². The highest BCUT2D eigenvalue weighted by Crippen LogP contribution is 2.32. The van der Waals surface area contributed by atoms with Gasteiger partial charge < -0.3 is 38.6 Å². The average Bonchev–Trinajstić information content (AvgIpc) is 3.37. The number of carbonyl (C=O) groups is 2. The maximum Gasteiger partial charge on any atom is 0.349 e. The van der Waals surface area contributed by atoms with Crippen LogP contribution in [0.25, 0.3) is 22.3 Å². The number of esters is 1. The number of aromatic nitrogens is 4. The summed E-state index contributed by atoms with van der Waals surface area (Å²) in [7, 11) is 1.36. The molecule has 0 spiro atoms. The Labute approximate surface area is 418 Å². The Morgan fingerprint density at radius 3 is 1.25 bits per heavy atom. The van der Waals surface area contributed by atoms with Gasteiger partial charge in [-0.2, -0.15) is 10.2 Å². The number of rotatable bonds is 18. The molecule has 2 aliphatic rings. The number of aliphatic carboxylic acids is 1. The highest BCUT2D eigenvalue weighted by molar-refractivity contribution is 5.79. The minimum atomic E-state index is -1.30. The highest BCUT2D eigenvalue weighted by Gasteiger charge is 2.32. The molecule has 0 atom stereocenters. The number of aryl methyl sites for hydroxylation is 2. The number of hydrogen-bond donors (Lipinski definition) is 1. The van der Waals surface area contributed by atoms with E-state index in [2.05, 4.69) is 36.3 Å². The second-order valence-corrected chi connectivity index (χ2v) is 19.3. The van der Waals surface area contributed by atoms with Crippen molar-refractivity contribution in [2.75, 3.05) is 56.3 Å². The molecule has 2 saturated heterocycles. The zero-order valence-electron chi connectivity index (χ0n) is 42.2. The molecule has 4 aromatic carbocycles. The number of benzene rings is 4. The summed E-state index contributed by atoms with van der Waals surface area (Å²) in [6.45, 7) is 15.7. The van der Waals surface area contributed by atoms with E-state index in [0.29, 0.717) is 36.5 Å². The molecule has 374 valence electrons. The third-order valence-electron chi connectivity index (χ3n) is 13.0. The number of carboxylic acid groups (broad SMARTS) is 1. The van der Waals surface area contributed by atoms with Crippen LogP contribution in [0.5, 0.6) is 23.0 Å². The molecule has 0 radical (unpaired) electrons.